The second kappa shape index (κ2) is 9.18. The molecule has 35 heavy (non-hydrogen) atoms. The van der Waals surface area contributed by atoms with Crippen LogP contribution in [0.3, 0.4) is 0 Å². The smallest absolute Gasteiger partial charge is 0.270 e. The molecule has 0 spiro atoms. The lowest BCUT2D eigenvalue weighted by Crippen LogP contribution is -2.21. The van der Waals surface area contributed by atoms with E-state index in [0.29, 0.717) is 12.4 Å². The Morgan fingerprint density at radius 3 is 2.57 bits per heavy atom. The Morgan fingerprint density at radius 1 is 1.09 bits per heavy atom. The van der Waals surface area contributed by atoms with Gasteiger partial charge in [-0.25, -0.2) is 9.67 Å². The first-order valence-electron chi connectivity index (χ1n) is 10.8. The molecule has 4 aromatic rings. The fourth-order valence-corrected chi connectivity index (χ4v) is 3.92. The summed E-state index contributed by atoms with van der Waals surface area (Å²) in [4.78, 5) is 32.4. The number of methoxy groups -OCH3 is 1. The van der Waals surface area contributed by atoms with Crippen LogP contribution >= 0.6 is 0 Å². The van der Waals surface area contributed by atoms with Crippen molar-refractivity contribution in [1.82, 2.24) is 14.8 Å². The molecule has 1 aliphatic heterocycles. The third kappa shape index (κ3) is 4.49. The summed E-state index contributed by atoms with van der Waals surface area (Å²) in [5, 5.41) is 18.2. The van der Waals surface area contributed by atoms with Gasteiger partial charge in [-0.2, -0.15) is 4.98 Å². The largest absolute Gasteiger partial charge is 0.497 e. The van der Waals surface area contributed by atoms with Gasteiger partial charge in [-0.1, -0.05) is 48.5 Å². The quantitative estimate of drug-likeness (QED) is 0.327. The molecule has 0 fully saturated rings. The van der Waals surface area contributed by atoms with E-state index in [2.05, 4.69) is 15.4 Å². The summed E-state index contributed by atoms with van der Waals surface area (Å²) in [6.07, 6.45) is 0.574. The van der Waals surface area contributed by atoms with Gasteiger partial charge in [0.1, 0.15) is 5.75 Å². The summed E-state index contributed by atoms with van der Waals surface area (Å²) < 4.78 is 6.96. The first-order chi connectivity index (χ1) is 17.0. The van der Waals surface area contributed by atoms with Crippen molar-refractivity contribution in [1.29, 1.82) is 0 Å². The first kappa shape index (κ1) is 22.0. The van der Waals surface area contributed by atoms with E-state index in [1.165, 1.54) is 24.3 Å². The number of nitro benzene ring substituents is 1. The number of rotatable bonds is 6. The van der Waals surface area contributed by atoms with Crippen molar-refractivity contribution in [3.05, 3.63) is 106 Å². The van der Waals surface area contributed by atoms with Crippen LogP contribution in [0.1, 0.15) is 33.9 Å². The number of carbonyl (C=O) groups excluding carboxylic acids is 1. The van der Waals surface area contributed by atoms with Crippen LogP contribution < -0.4 is 10.1 Å². The molecule has 0 saturated heterocycles. The van der Waals surface area contributed by atoms with Crippen LogP contribution in [0.4, 0.5) is 17.6 Å². The zero-order chi connectivity index (χ0) is 24.4. The van der Waals surface area contributed by atoms with Crippen molar-refractivity contribution in [2.24, 2.45) is 4.99 Å². The molecule has 0 saturated carbocycles. The Balaban J connectivity index is 1.50. The van der Waals surface area contributed by atoms with Gasteiger partial charge in [-0.05, 0) is 29.3 Å². The lowest BCUT2D eigenvalue weighted by molar-refractivity contribution is -0.384. The molecule has 1 amide bonds. The highest BCUT2D eigenvalue weighted by Gasteiger charge is 2.28. The summed E-state index contributed by atoms with van der Waals surface area (Å²) in [6, 6.07) is 22.8. The number of aromatic nitrogens is 3. The van der Waals surface area contributed by atoms with E-state index in [9.17, 15) is 14.9 Å². The third-order valence-corrected chi connectivity index (χ3v) is 5.68. The summed E-state index contributed by atoms with van der Waals surface area (Å²) in [7, 11) is 1.61. The van der Waals surface area contributed by atoms with Crippen molar-refractivity contribution >= 4 is 29.2 Å². The lowest BCUT2D eigenvalue weighted by atomic mass is 9.96. The van der Waals surface area contributed by atoms with Crippen LogP contribution in [0.5, 0.6) is 5.75 Å². The molecule has 2 heterocycles. The van der Waals surface area contributed by atoms with Crippen LogP contribution in [0.15, 0.2) is 83.9 Å². The number of anilines is 1. The summed E-state index contributed by atoms with van der Waals surface area (Å²) in [5.74, 6) is 0.605. The zero-order valence-corrected chi connectivity index (χ0v) is 18.7. The van der Waals surface area contributed by atoms with Gasteiger partial charge in [0.15, 0.2) is 0 Å². The maximum Gasteiger partial charge on any atom is 0.270 e. The molecule has 1 unspecified atom stereocenters. The topological polar surface area (TPSA) is 125 Å². The molecule has 174 valence electrons. The number of nitrogens with zero attached hydrogens (tertiary/aromatic N) is 5. The van der Waals surface area contributed by atoms with Crippen LogP contribution in [-0.2, 0) is 0 Å². The molecule has 10 nitrogen and oxygen atoms in total. The SMILES string of the molecule is COc1ccc(C2CC(c3ccccc3)=Nc3nc(NC(=O)c4cccc([N+](=O)[O-])c4)nn32)cc1. The van der Waals surface area contributed by atoms with E-state index in [-0.39, 0.29) is 23.2 Å². The average Bonchev–Trinajstić information content (AvgIpc) is 3.31. The van der Waals surface area contributed by atoms with Gasteiger partial charge in [-0.3, -0.25) is 20.2 Å². The zero-order valence-electron chi connectivity index (χ0n) is 18.7. The van der Waals surface area contributed by atoms with Crippen LogP contribution in [0.2, 0.25) is 0 Å². The normalized spacial score (nSPS) is 14.5. The summed E-state index contributed by atoms with van der Waals surface area (Å²) in [6.45, 7) is 0. The predicted molar refractivity (Wildman–Crippen MR) is 129 cm³/mol. The Labute approximate surface area is 200 Å². The minimum Gasteiger partial charge on any atom is -0.497 e. The van der Waals surface area contributed by atoms with E-state index in [1.54, 1.807) is 11.8 Å². The monoisotopic (exact) mass is 468 g/mol. The van der Waals surface area contributed by atoms with E-state index >= 15 is 0 Å². The van der Waals surface area contributed by atoms with E-state index in [4.69, 9.17) is 9.73 Å². The highest BCUT2D eigenvalue weighted by Crippen LogP contribution is 2.34. The molecule has 10 heteroatoms. The number of amides is 1. The first-order valence-corrected chi connectivity index (χ1v) is 10.8. The number of hydrogen-bond acceptors (Lipinski definition) is 7. The lowest BCUT2D eigenvalue weighted by Gasteiger charge is -2.23. The van der Waals surface area contributed by atoms with E-state index < -0.39 is 10.8 Å². The van der Waals surface area contributed by atoms with Crippen LogP contribution in [0, 0.1) is 10.1 Å². The second-order valence-electron chi connectivity index (χ2n) is 7.86. The number of aliphatic imine (C=N–C) groups is 1. The highest BCUT2D eigenvalue weighted by molar-refractivity contribution is 6.04. The molecule has 1 aliphatic rings. The molecule has 5 rings (SSSR count). The van der Waals surface area contributed by atoms with Crippen molar-refractivity contribution in [3.63, 3.8) is 0 Å². The minimum atomic E-state index is -0.552. The van der Waals surface area contributed by atoms with Crippen molar-refractivity contribution in [2.75, 3.05) is 12.4 Å². The molecule has 3 aromatic carbocycles. The number of nitrogens with one attached hydrogen (secondary N) is 1. The molecule has 1 atom stereocenters. The minimum absolute atomic E-state index is 0.0630. The predicted octanol–water partition coefficient (Wildman–Crippen LogP) is 4.56. The maximum atomic E-state index is 12.7. The van der Waals surface area contributed by atoms with E-state index in [0.717, 1.165) is 22.6 Å². The van der Waals surface area contributed by atoms with Gasteiger partial charge in [0.25, 0.3) is 23.5 Å². The fraction of sp³-hybridized carbons (Fsp3) is 0.120. The number of nitro groups is 1. The highest BCUT2D eigenvalue weighted by atomic mass is 16.6. The van der Waals surface area contributed by atoms with Crippen LogP contribution in [-0.4, -0.2) is 38.4 Å². The van der Waals surface area contributed by atoms with E-state index in [1.807, 2.05) is 54.6 Å². The molecular weight excluding hydrogens is 448 g/mol. The molecule has 1 aromatic heterocycles. The number of benzene rings is 3. The van der Waals surface area contributed by atoms with Gasteiger partial charge in [0, 0.05) is 24.1 Å². The molecule has 0 radical (unpaired) electrons. The molecule has 0 bridgehead atoms. The van der Waals surface area contributed by atoms with Gasteiger partial charge in [-0.15, -0.1) is 5.10 Å². The summed E-state index contributed by atoms with van der Waals surface area (Å²) >= 11 is 0. The summed E-state index contributed by atoms with van der Waals surface area (Å²) in [5.41, 5.74) is 2.76. The van der Waals surface area contributed by atoms with Crippen molar-refractivity contribution in [3.8, 4) is 5.75 Å². The molecule has 0 aliphatic carbocycles. The number of fused-ring (bicyclic) bond motifs is 1. The van der Waals surface area contributed by atoms with Gasteiger partial charge in [0.05, 0.1) is 23.8 Å². The molecule has 1 N–H and O–H groups in total. The Bertz CT molecular complexity index is 1430. The van der Waals surface area contributed by atoms with Crippen LogP contribution in [0.25, 0.3) is 0 Å². The van der Waals surface area contributed by atoms with Gasteiger partial charge >= 0.3 is 0 Å². The Kier molecular flexibility index (Phi) is 5.76. The standard InChI is InChI=1S/C25H20N6O4/c1-35-20-12-10-17(11-13-20)22-15-21(16-6-3-2-4-7-16)26-25-28-24(29-30(22)25)27-23(32)18-8-5-9-19(14-18)31(33)34/h2-14,22H,15H2,1H3,(H,27,29,32). The Hall–Kier alpha value is -4.86. The fourth-order valence-electron chi connectivity index (χ4n) is 3.92. The van der Waals surface area contributed by atoms with Crippen molar-refractivity contribution in [2.45, 2.75) is 12.5 Å². The number of ether oxygens (including phenoxy) is 1. The average molecular weight is 468 g/mol. The second-order valence-corrected chi connectivity index (χ2v) is 7.86. The third-order valence-electron chi connectivity index (χ3n) is 5.68. The number of hydrogen-bond donors (Lipinski definition) is 1. The maximum absolute atomic E-state index is 12.7. The number of non-ortho nitro benzene ring substituents is 1. The van der Waals surface area contributed by atoms with Crippen molar-refractivity contribution < 1.29 is 14.5 Å². The van der Waals surface area contributed by atoms with Gasteiger partial charge < -0.3 is 4.74 Å². The number of carbonyl (C=O) groups is 1. The Morgan fingerprint density at radius 2 is 1.86 bits per heavy atom. The van der Waals surface area contributed by atoms with Gasteiger partial charge in [0.2, 0.25) is 0 Å². The molecular formula is C25H20N6O4.